The zero-order valence-corrected chi connectivity index (χ0v) is 15.2. The Hall–Kier alpha value is -3.88. The molecule has 0 saturated carbocycles. The first kappa shape index (κ1) is 18.9. The molecule has 0 fully saturated rings. The number of benzene rings is 2. The molecule has 9 heteroatoms. The third kappa shape index (κ3) is 3.50. The number of amides is 1. The van der Waals surface area contributed by atoms with E-state index in [1.54, 1.807) is 56.3 Å². The standard InChI is InChI=1S/C19H17N5O4/c1-3-23-19(26)15-10-5-4-9-14(15)17(22-23)18(25)21-20-12(2)13-8-6-7-11-16(13)24(27)28/h4-11H,3H2,1-2H3,(H,21,25)/b20-12-. The summed E-state index contributed by atoms with van der Waals surface area (Å²) in [6.45, 7) is 3.62. The average Bonchev–Trinajstić information content (AvgIpc) is 2.72. The molecule has 142 valence electrons. The molecule has 0 bridgehead atoms. The van der Waals surface area contributed by atoms with Gasteiger partial charge in [-0.05, 0) is 26.0 Å². The van der Waals surface area contributed by atoms with Crippen LogP contribution < -0.4 is 11.0 Å². The van der Waals surface area contributed by atoms with Gasteiger partial charge in [0, 0.05) is 18.0 Å². The molecule has 3 aromatic rings. The molecular weight excluding hydrogens is 362 g/mol. The molecule has 9 nitrogen and oxygen atoms in total. The average molecular weight is 379 g/mol. The van der Waals surface area contributed by atoms with Crippen LogP contribution in [0, 0.1) is 10.1 Å². The summed E-state index contributed by atoms with van der Waals surface area (Å²) in [7, 11) is 0. The number of para-hydroxylation sites is 1. The quantitative estimate of drug-likeness (QED) is 0.415. The molecule has 0 spiro atoms. The van der Waals surface area contributed by atoms with E-state index in [0.29, 0.717) is 22.9 Å². The first-order valence-electron chi connectivity index (χ1n) is 8.52. The molecule has 0 aliphatic heterocycles. The largest absolute Gasteiger partial charge is 0.292 e. The first-order valence-corrected chi connectivity index (χ1v) is 8.52. The second-order valence-electron chi connectivity index (χ2n) is 5.93. The van der Waals surface area contributed by atoms with E-state index in [1.807, 2.05) is 0 Å². The highest BCUT2D eigenvalue weighted by Gasteiger charge is 2.18. The lowest BCUT2D eigenvalue weighted by Crippen LogP contribution is -2.29. The Balaban J connectivity index is 1.98. The number of hydrogen-bond donors (Lipinski definition) is 1. The Morgan fingerprint density at radius 3 is 2.50 bits per heavy atom. The molecule has 2 aromatic carbocycles. The zero-order valence-electron chi connectivity index (χ0n) is 15.2. The van der Waals surface area contributed by atoms with E-state index in [4.69, 9.17) is 0 Å². The van der Waals surface area contributed by atoms with Crippen molar-refractivity contribution >= 4 is 28.1 Å². The molecule has 0 aliphatic rings. The van der Waals surface area contributed by atoms with Gasteiger partial charge >= 0.3 is 0 Å². The number of rotatable bonds is 5. The predicted molar refractivity (Wildman–Crippen MR) is 104 cm³/mol. The van der Waals surface area contributed by atoms with E-state index < -0.39 is 10.8 Å². The van der Waals surface area contributed by atoms with Crippen molar-refractivity contribution < 1.29 is 9.72 Å². The minimum atomic E-state index is -0.615. The van der Waals surface area contributed by atoms with Crippen LogP contribution in [0.2, 0.25) is 0 Å². The second kappa shape index (κ2) is 7.78. The van der Waals surface area contributed by atoms with E-state index in [1.165, 1.54) is 10.7 Å². The molecule has 0 unspecified atom stereocenters. The van der Waals surface area contributed by atoms with Crippen molar-refractivity contribution in [3.63, 3.8) is 0 Å². The number of hydrazone groups is 1. The zero-order chi connectivity index (χ0) is 20.3. The topological polar surface area (TPSA) is 119 Å². The molecule has 28 heavy (non-hydrogen) atoms. The Kier molecular flexibility index (Phi) is 5.25. The minimum absolute atomic E-state index is 0.0520. The number of nitro benzene ring substituents is 1. The summed E-state index contributed by atoms with van der Waals surface area (Å²) in [4.78, 5) is 35.7. The predicted octanol–water partition coefficient (Wildman–Crippen LogP) is 2.48. The normalized spacial score (nSPS) is 11.4. The van der Waals surface area contributed by atoms with Crippen LogP contribution in [0.3, 0.4) is 0 Å². The number of aromatic nitrogens is 2. The lowest BCUT2D eigenvalue weighted by molar-refractivity contribution is -0.385. The third-order valence-electron chi connectivity index (χ3n) is 4.20. The van der Waals surface area contributed by atoms with Crippen molar-refractivity contribution in [2.24, 2.45) is 5.10 Å². The molecule has 0 atom stereocenters. The second-order valence-corrected chi connectivity index (χ2v) is 5.93. The SMILES string of the molecule is CCn1nc(C(=O)N/N=C(/C)c2ccccc2[N+](=O)[O-])c2ccccc2c1=O. The molecule has 1 amide bonds. The van der Waals surface area contributed by atoms with E-state index >= 15 is 0 Å². The number of nitrogens with one attached hydrogen (secondary N) is 1. The smallest absolute Gasteiger partial charge is 0.267 e. The number of fused-ring (bicyclic) bond motifs is 1. The molecule has 1 N–H and O–H groups in total. The fourth-order valence-corrected chi connectivity index (χ4v) is 2.80. The Morgan fingerprint density at radius 1 is 1.18 bits per heavy atom. The molecule has 3 rings (SSSR count). The molecule has 0 saturated heterocycles. The van der Waals surface area contributed by atoms with Gasteiger partial charge in [-0.1, -0.05) is 30.3 Å². The van der Waals surface area contributed by atoms with Crippen molar-refractivity contribution in [2.45, 2.75) is 20.4 Å². The van der Waals surface area contributed by atoms with E-state index in [0.717, 1.165) is 0 Å². The summed E-state index contributed by atoms with van der Waals surface area (Å²) < 4.78 is 1.20. The maximum atomic E-state index is 12.7. The van der Waals surface area contributed by atoms with Gasteiger partial charge in [0.25, 0.3) is 17.2 Å². The third-order valence-corrected chi connectivity index (χ3v) is 4.20. The van der Waals surface area contributed by atoms with Crippen LogP contribution in [-0.4, -0.2) is 26.3 Å². The van der Waals surface area contributed by atoms with Gasteiger partial charge in [-0.25, -0.2) is 10.1 Å². The van der Waals surface area contributed by atoms with Gasteiger partial charge in [0.05, 0.1) is 21.6 Å². The fourth-order valence-electron chi connectivity index (χ4n) is 2.80. The first-order chi connectivity index (χ1) is 13.4. The van der Waals surface area contributed by atoms with Crippen LogP contribution in [0.25, 0.3) is 10.8 Å². The summed E-state index contributed by atoms with van der Waals surface area (Å²) in [5, 5.41) is 20.1. The van der Waals surface area contributed by atoms with E-state index in [9.17, 15) is 19.7 Å². The molecule has 0 radical (unpaired) electrons. The Labute approximate surface area is 159 Å². The Morgan fingerprint density at radius 2 is 1.82 bits per heavy atom. The van der Waals surface area contributed by atoms with Crippen LogP contribution in [0.4, 0.5) is 5.69 Å². The summed E-state index contributed by atoms with van der Waals surface area (Å²) in [6.07, 6.45) is 0. The molecule has 1 aromatic heterocycles. The van der Waals surface area contributed by atoms with Crippen LogP contribution in [0.1, 0.15) is 29.9 Å². The van der Waals surface area contributed by atoms with Crippen LogP contribution >= 0.6 is 0 Å². The highest BCUT2D eigenvalue weighted by molar-refractivity contribution is 6.06. The van der Waals surface area contributed by atoms with Crippen LogP contribution in [0.15, 0.2) is 58.4 Å². The number of carbonyl (C=O) groups excluding carboxylic acids is 1. The Bertz CT molecular complexity index is 1170. The van der Waals surface area contributed by atoms with Gasteiger partial charge in [-0.15, -0.1) is 0 Å². The van der Waals surface area contributed by atoms with E-state index in [-0.39, 0.29) is 22.7 Å². The lowest BCUT2D eigenvalue weighted by atomic mass is 10.1. The monoisotopic (exact) mass is 379 g/mol. The number of aryl methyl sites for hydroxylation is 1. The van der Waals surface area contributed by atoms with Crippen molar-refractivity contribution in [2.75, 3.05) is 0 Å². The summed E-state index contributed by atoms with van der Waals surface area (Å²) in [5.41, 5.74) is 2.60. The minimum Gasteiger partial charge on any atom is -0.267 e. The number of carbonyl (C=O) groups is 1. The lowest BCUT2D eigenvalue weighted by Gasteiger charge is -2.09. The van der Waals surface area contributed by atoms with E-state index in [2.05, 4.69) is 15.6 Å². The molecular formula is C19H17N5O4. The van der Waals surface area contributed by atoms with Crippen molar-refractivity contribution in [3.05, 3.63) is 80.3 Å². The molecule has 0 aliphatic carbocycles. The maximum absolute atomic E-state index is 12.7. The highest BCUT2D eigenvalue weighted by Crippen LogP contribution is 2.18. The van der Waals surface area contributed by atoms with Gasteiger partial charge in [0.15, 0.2) is 5.69 Å². The highest BCUT2D eigenvalue weighted by atomic mass is 16.6. The van der Waals surface area contributed by atoms with Gasteiger partial charge in [0.1, 0.15) is 0 Å². The van der Waals surface area contributed by atoms with Gasteiger partial charge in [0.2, 0.25) is 0 Å². The van der Waals surface area contributed by atoms with Gasteiger partial charge < -0.3 is 0 Å². The maximum Gasteiger partial charge on any atom is 0.292 e. The van der Waals surface area contributed by atoms with Crippen molar-refractivity contribution in [1.29, 1.82) is 0 Å². The number of nitro groups is 1. The molecule has 1 heterocycles. The number of nitrogens with zero attached hydrogens (tertiary/aromatic N) is 4. The summed E-state index contributed by atoms with van der Waals surface area (Å²) >= 11 is 0. The van der Waals surface area contributed by atoms with Crippen molar-refractivity contribution in [3.8, 4) is 0 Å². The van der Waals surface area contributed by atoms with Gasteiger partial charge in [-0.3, -0.25) is 19.7 Å². The van der Waals surface area contributed by atoms with Crippen LogP contribution in [0.5, 0.6) is 0 Å². The summed E-state index contributed by atoms with van der Waals surface area (Å²) in [6, 6.07) is 12.8. The van der Waals surface area contributed by atoms with Gasteiger partial charge in [-0.2, -0.15) is 10.2 Å². The number of hydrogen-bond acceptors (Lipinski definition) is 6. The summed E-state index contributed by atoms with van der Waals surface area (Å²) in [5.74, 6) is -0.615. The van der Waals surface area contributed by atoms with Crippen LogP contribution in [-0.2, 0) is 6.54 Å². The fraction of sp³-hybridized carbons (Fsp3) is 0.158. The van der Waals surface area contributed by atoms with Crippen molar-refractivity contribution in [1.82, 2.24) is 15.2 Å².